The van der Waals surface area contributed by atoms with Crippen molar-refractivity contribution < 1.29 is 4.79 Å². The minimum absolute atomic E-state index is 0.119. The van der Waals surface area contributed by atoms with E-state index >= 15 is 0 Å². The number of nitrogens with one attached hydrogen (secondary N) is 1. The van der Waals surface area contributed by atoms with Gasteiger partial charge in [0.05, 0.1) is 0 Å². The van der Waals surface area contributed by atoms with Crippen LogP contribution in [0, 0.1) is 0 Å². The average Bonchev–Trinajstić information content (AvgIpc) is 2.36. The lowest BCUT2D eigenvalue weighted by Crippen LogP contribution is -2.36. The van der Waals surface area contributed by atoms with Crippen molar-refractivity contribution in [2.24, 2.45) is 0 Å². The van der Waals surface area contributed by atoms with Crippen molar-refractivity contribution in [2.45, 2.75) is 25.7 Å². The van der Waals surface area contributed by atoms with Crippen LogP contribution in [0.25, 0.3) is 0 Å². The van der Waals surface area contributed by atoms with Crippen molar-refractivity contribution in [3.05, 3.63) is 35.9 Å². The lowest BCUT2D eigenvalue weighted by atomic mass is 9.81. The fraction of sp³-hybridized carbons (Fsp3) is 0.533. The molecule has 0 saturated carbocycles. The van der Waals surface area contributed by atoms with E-state index in [1.54, 1.807) is 4.90 Å². The molecule has 0 spiro atoms. The molecule has 0 atom stereocenters. The Morgan fingerprint density at radius 2 is 1.89 bits per heavy atom. The molecule has 100 valence electrons. The van der Waals surface area contributed by atoms with Crippen LogP contribution in [-0.2, 0) is 10.2 Å². The highest BCUT2D eigenvalue weighted by molar-refractivity contribution is 5.77. The van der Waals surface area contributed by atoms with Gasteiger partial charge in [-0.05, 0) is 18.0 Å². The Balaban J connectivity index is 2.63. The molecule has 3 heteroatoms. The SMILES string of the molecule is CNCCN(C)C(=O)CC(C)(C)c1ccccc1. The molecule has 0 aliphatic carbocycles. The van der Waals surface area contributed by atoms with Crippen molar-refractivity contribution in [1.29, 1.82) is 0 Å². The molecule has 0 aromatic heterocycles. The number of carbonyl (C=O) groups is 1. The van der Waals surface area contributed by atoms with Crippen LogP contribution < -0.4 is 5.32 Å². The number of rotatable bonds is 6. The molecule has 1 rings (SSSR count). The molecule has 3 nitrogen and oxygen atoms in total. The van der Waals surface area contributed by atoms with E-state index in [1.165, 1.54) is 5.56 Å². The normalized spacial score (nSPS) is 11.3. The molecular weight excluding hydrogens is 224 g/mol. The van der Waals surface area contributed by atoms with Crippen molar-refractivity contribution >= 4 is 5.91 Å². The minimum Gasteiger partial charge on any atom is -0.344 e. The quantitative estimate of drug-likeness (QED) is 0.835. The second-order valence-corrected chi connectivity index (χ2v) is 5.35. The summed E-state index contributed by atoms with van der Waals surface area (Å²) in [6, 6.07) is 10.2. The van der Waals surface area contributed by atoms with E-state index in [-0.39, 0.29) is 11.3 Å². The number of benzene rings is 1. The summed E-state index contributed by atoms with van der Waals surface area (Å²) in [5.74, 6) is 0.194. The third kappa shape index (κ3) is 4.15. The third-order valence-electron chi connectivity index (χ3n) is 3.27. The first-order valence-electron chi connectivity index (χ1n) is 6.41. The average molecular weight is 248 g/mol. The lowest BCUT2D eigenvalue weighted by molar-refractivity contribution is -0.130. The van der Waals surface area contributed by atoms with E-state index in [0.717, 1.165) is 13.1 Å². The Hall–Kier alpha value is -1.35. The molecule has 0 saturated heterocycles. The van der Waals surface area contributed by atoms with Gasteiger partial charge < -0.3 is 10.2 Å². The summed E-state index contributed by atoms with van der Waals surface area (Å²) < 4.78 is 0. The Labute approximate surface area is 110 Å². The predicted octanol–water partition coefficient (Wildman–Crippen LogP) is 2.03. The second-order valence-electron chi connectivity index (χ2n) is 5.35. The Bertz CT molecular complexity index is 373. The van der Waals surface area contributed by atoms with E-state index in [0.29, 0.717) is 6.42 Å². The zero-order chi connectivity index (χ0) is 13.6. The molecular formula is C15H24N2O. The van der Waals surface area contributed by atoms with Gasteiger partial charge in [-0.15, -0.1) is 0 Å². The van der Waals surface area contributed by atoms with E-state index in [4.69, 9.17) is 0 Å². The van der Waals surface area contributed by atoms with E-state index < -0.39 is 0 Å². The largest absolute Gasteiger partial charge is 0.344 e. The van der Waals surface area contributed by atoms with Gasteiger partial charge in [0.25, 0.3) is 0 Å². The molecule has 0 aliphatic heterocycles. The van der Waals surface area contributed by atoms with Gasteiger partial charge in [-0.3, -0.25) is 4.79 Å². The Morgan fingerprint density at radius 3 is 2.44 bits per heavy atom. The Morgan fingerprint density at radius 1 is 1.28 bits per heavy atom. The summed E-state index contributed by atoms with van der Waals surface area (Å²) in [6.45, 7) is 5.81. The molecule has 1 aromatic carbocycles. The van der Waals surface area contributed by atoms with Crippen LogP contribution in [0.15, 0.2) is 30.3 Å². The van der Waals surface area contributed by atoms with Crippen LogP contribution in [0.3, 0.4) is 0 Å². The summed E-state index contributed by atoms with van der Waals surface area (Å²) >= 11 is 0. The van der Waals surface area contributed by atoms with Crippen LogP contribution in [0.1, 0.15) is 25.8 Å². The Kier molecular flexibility index (Phi) is 5.35. The van der Waals surface area contributed by atoms with Crippen molar-refractivity contribution in [2.75, 3.05) is 27.2 Å². The van der Waals surface area contributed by atoms with Gasteiger partial charge in [-0.1, -0.05) is 44.2 Å². The maximum absolute atomic E-state index is 12.1. The molecule has 0 fully saturated rings. The molecule has 0 radical (unpaired) electrons. The number of amides is 1. The number of likely N-dealkylation sites (N-methyl/N-ethyl adjacent to an activating group) is 2. The summed E-state index contributed by atoms with van der Waals surface area (Å²) in [5.41, 5.74) is 1.09. The van der Waals surface area contributed by atoms with Crippen molar-refractivity contribution in [1.82, 2.24) is 10.2 Å². The molecule has 18 heavy (non-hydrogen) atoms. The number of carbonyl (C=O) groups excluding carboxylic acids is 1. The maximum atomic E-state index is 12.1. The van der Waals surface area contributed by atoms with Gasteiger partial charge in [-0.2, -0.15) is 0 Å². The first-order chi connectivity index (χ1) is 8.47. The highest BCUT2D eigenvalue weighted by Gasteiger charge is 2.25. The molecule has 0 aliphatic rings. The summed E-state index contributed by atoms with van der Waals surface area (Å²) in [5, 5.41) is 3.05. The van der Waals surface area contributed by atoms with E-state index in [9.17, 15) is 4.79 Å². The third-order valence-corrected chi connectivity index (χ3v) is 3.27. The molecule has 1 amide bonds. The molecule has 1 aromatic rings. The fourth-order valence-corrected chi connectivity index (χ4v) is 1.91. The monoisotopic (exact) mass is 248 g/mol. The topological polar surface area (TPSA) is 32.3 Å². The first-order valence-corrected chi connectivity index (χ1v) is 6.41. The predicted molar refractivity (Wildman–Crippen MR) is 75.6 cm³/mol. The maximum Gasteiger partial charge on any atom is 0.223 e. The summed E-state index contributed by atoms with van der Waals surface area (Å²) in [6.07, 6.45) is 0.539. The minimum atomic E-state index is -0.119. The van der Waals surface area contributed by atoms with Crippen LogP contribution in [0.5, 0.6) is 0 Å². The summed E-state index contributed by atoms with van der Waals surface area (Å²) in [7, 11) is 3.76. The zero-order valence-corrected chi connectivity index (χ0v) is 11.9. The van der Waals surface area contributed by atoms with Gasteiger partial charge in [0, 0.05) is 26.6 Å². The highest BCUT2D eigenvalue weighted by atomic mass is 16.2. The number of hydrogen-bond donors (Lipinski definition) is 1. The van der Waals surface area contributed by atoms with Gasteiger partial charge in [0.1, 0.15) is 0 Å². The van der Waals surface area contributed by atoms with Gasteiger partial charge >= 0.3 is 0 Å². The smallest absolute Gasteiger partial charge is 0.223 e. The van der Waals surface area contributed by atoms with E-state index in [1.807, 2.05) is 32.3 Å². The van der Waals surface area contributed by atoms with Crippen molar-refractivity contribution in [3.8, 4) is 0 Å². The van der Waals surface area contributed by atoms with Crippen LogP contribution in [0.4, 0.5) is 0 Å². The molecule has 0 unspecified atom stereocenters. The standard InChI is InChI=1S/C15H24N2O/c1-15(2,13-8-6-5-7-9-13)12-14(18)17(4)11-10-16-3/h5-9,16H,10-12H2,1-4H3. The molecule has 1 N–H and O–H groups in total. The van der Waals surface area contributed by atoms with Crippen molar-refractivity contribution in [3.63, 3.8) is 0 Å². The summed E-state index contributed by atoms with van der Waals surface area (Å²) in [4.78, 5) is 13.9. The van der Waals surface area contributed by atoms with E-state index in [2.05, 4.69) is 31.3 Å². The zero-order valence-electron chi connectivity index (χ0n) is 11.9. The number of nitrogens with zero attached hydrogens (tertiary/aromatic N) is 1. The van der Waals surface area contributed by atoms with Crippen LogP contribution >= 0.6 is 0 Å². The first kappa shape index (κ1) is 14.7. The van der Waals surface area contributed by atoms with Crippen LogP contribution in [0.2, 0.25) is 0 Å². The lowest BCUT2D eigenvalue weighted by Gasteiger charge is -2.27. The molecule has 0 bridgehead atoms. The van der Waals surface area contributed by atoms with Gasteiger partial charge in [0.2, 0.25) is 5.91 Å². The number of hydrogen-bond acceptors (Lipinski definition) is 2. The molecule has 0 heterocycles. The highest BCUT2D eigenvalue weighted by Crippen LogP contribution is 2.27. The van der Waals surface area contributed by atoms with Gasteiger partial charge in [0.15, 0.2) is 0 Å². The fourth-order valence-electron chi connectivity index (χ4n) is 1.91. The van der Waals surface area contributed by atoms with Crippen LogP contribution in [-0.4, -0.2) is 38.0 Å². The second kappa shape index (κ2) is 6.55. The van der Waals surface area contributed by atoms with Gasteiger partial charge in [-0.25, -0.2) is 0 Å².